The molecule has 1 heterocycles. The highest BCUT2D eigenvalue weighted by Crippen LogP contribution is 2.15. The SMILES string of the molecule is Cc1ccc(NC(N)=NCc2cccc(CN3CCCC3=O)c2)cc1. The molecule has 25 heavy (non-hydrogen) atoms. The van der Waals surface area contributed by atoms with E-state index in [4.69, 9.17) is 5.73 Å². The second-order valence-corrected chi connectivity index (χ2v) is 6.43. The van der Waals surface area contributed by atoms with Crippen LogP contribution in [0.3, 0.4) is 0 Å². The average Bonchev–Trinajstić information content (AvgIpc) is 3.00. The number of likely N-dealkylation sites (tertiary alicyclic amines) is 1. The van der Waals surface area contributed by atoms with Gasteiger partial charge in [-0.2, -0.15) is 0 Å². The molecule has 1 aliphatic rings. The minimum absolute atomic E-state index is 0.245. The molecule has 0 aromatic heterocycles. The van der Waals surface area contributed by atoms with Gasteiger partial charge in [-0.1, -0.05) is 42.0 Å². The molecule has 0 saturated carbocycles. The fourth-order valence-corrected chi connectivity index (χ4v) is 2.92. The molecule has 0 bridgehead atoms. The molecule has 5 heteroatoms. The molecule has 1 saturated heterocycles. The number of guanidine groups is 1. The molecule has 2 aromatic carbocycles. The normalized spacial score (nSPS) is 14.8. The predicted molar refractivity (Wildman–Crippen MR) is 101 cm³/mol. The van der Waals surface area contributed by atoms with Gasteiger partial charge >= 0.3 is 0 Å². The van der Waals surface area contributed by atoms with Crippen molar-refractivity contribution in [2.24, 2.45) is 10.7 Å². The number of hydrogen-bond acceptors (Lipinski definition) is 2. The van der Waals surface area contributed by atoms with Crippen LogP contribution in [0.15, 0.2) is 53.5 Å². The molecule has 1 aliphatic heterocycles. The van der Waals surface area contributed by atoms with Crippen LogP contribution < -0.4 is 11.1 Å². The van der Waals surface area contributed by atoms with E-state index >= 15 is 0 Å². The Morgan fingerprint density at radius 3 is 2.68 bits per heavy atom. The summed E-state index contributed by atoms with van der Waals surface area (Å²) in [6, 6.07) is 16.2. The number of rotatable bonds is 5. The third-order valence-corrected chi connectivity index (χ3v) is 4.29. The molecule has 1 amide bonds. The van der Waals surface area contributed by atoms with Crippen molar-refractivity contribution >= 4 is 17.6 Å². The zero-order valence-electron chi connectivity index (χ0n) is 14.5. The first-order chi connectivity index (χ1) is 12.1. The van der Waals surface area contributed by atoms with Crippen molar-refractivity contribution < 1.29 is 4.79 Å². The fraction of sp³-hybridized carbons (Fsp3) is 0.300. The highest BCUT2D eigenvalue weighted by atomic mass is 16.2. The van der Waals surface area contributed by atoms with E-state index in [2.05, 4.69) is 16.4 Å². The summed E-state index contributed by atoms with van der Waals surface area (Å²) in [6.07, 6.45) is 1.63. The smallest absolute Gasteiger partial charge is 0.222 e. The lowest BCUT2D eigenvalue weighted by Crippen LogP contribution is -2.24. The summed E-state index contributed by atoms with van der Waals surface area (Å²) >= 11 is 0. The van der Waals surface area contributed by atoms with Crippen LogP contribution in [0.4, 0.5) is 5.69 Å². The highest BCUT2D eigenvalue weighted by Gasteiger charge is 2.19. The number of amides is 1. The number of benzene rings is 2. The molecule has 0 atom stereocenters. The number of carbonyl (C=O) groups is 1. The minimum Gasteiger partial charge on any atom is -0.370 e. The Balaban J connectivity index is 1.59. The van der Waals surface area contributed by atoms with Gasteiger partial charge in [-0.05, 0) is 36.6 Å². The van der Waals surface area contributed by atoms with Crippen LogP contribution in [0.25, 0.3) is 0 Å². The van der Waals surface area contributed by atoms with Crippen molar-refractivity contribution in [3.63, 3.8) is 0 Å². The van der Waals surface area contributed by atoms with E-state index in [1.165, 1.54) is 5.56 Å². The summed E-state index contributed by atoms with van der Waals surface area (Å²) in [4.78, 5) is 18.1. The molecule has 1 fully saturated rings. The largest absolute Gasteiger partial charge is 0.370 e. The van der Waals surface area contributed by atoms with Crippen LogP contribution in [-0.4, -0.2) is 23.3 Å². The number of nitrogens with two attached hydrogens (primary N) is 1. The molecule has 130 valence electrons. The average molecular weight is 336 g/mol. The summed E-state index contributed by atoms with van der Waals surface area (Å²) in [5.41, 5.74) is 10.3. The highest BCUT2D eigenvalue weighted by molar-refractivity contribution is 5.92. The molecule has 0 radical (unpaired) electrons. The van der Waals surface area contributed by atoms with Crippen molar-refractivity contribution in [3.8, 4) is 0 Å². The molecule has 2 aromatic rings. The first kappa shape index (κ1) is 17.0. The Labute approximate surface area is 148 Å². The van der Waals surface area contributed by atoms with Crippen molar-refractivity contribution in [3.05, 3.63) is 65.2 Å². The standard InChI is InChI=1S/C20H24N4O/c1-15-7-9-18(10-8-15)23-20(21)22-13-16-4-2-5-17(12-16)14-24-11-3-6-19(24)25/h2,4-5,7-10,12H,3,6,11,13-14H2,1H3,(H3,21,22,23). The zero-order valence-corrected chi connectivity index (χ0v) is 14.5. The van der Waals surface area contributed by atoms with Crippen molar-refractivity contribution in [2.75, 3.05) is 11.9 Å². The molecule has 0 aliphatic carbocycles. The molecular weight excluding hydrogens is 312 g/mol. The number of hydrogen-bond donors (Lipinski definition) is 2. The van der Waals surface area contributed by atoms with Gasteiger partial charge < -0.3 is 16.0 Å². The van der Waals surface area contributed by atoms with E-state index in [9.17, 15) is 4.79 Å². The Kier molecular flexibility index (Phi) is 5.33. The van der Waals surface area contributed by atoms with Crippen molar-refractivity contribution in [2.45, 2.75) is 32.9 Å². The number of anilines is 1. The summed E-state index contributed by atoms with van der Waals surface area (Å²) < 4.78 is 0. The van der Waals surface area contributed by atoms with Crippen LogP contribution in [0.1, 0.15) is 29.5 Å². The molecular formula is C20H24N4O. The van der Waals surface area contributed by atoms with E-state index < -0.39 is 0 Å². The second kappa shape index (κ2) is 7.83. The molecule has 0 unspecified atom stereocenters. The number of carbonyl (C=O) groups excluding carboxylic acids is 1. The summed E-state index contributed by atoms with van der Waals surface area (Å²) in [7, 11) is 0. The van der Waals surface area contributed by atoms with Gasteiger partial charge in [0.2, 0.25) is 5.91 Å². The molecule has 3 rings (SSSR count). The monoisotopic (exact) mass is 336 g/mol. The number of aliphatic imine (C=N–C) groups is 1. The quantitative estimate of drug-likeness (QED) is 0.651. The summed E-state index contributed by atoms with van der Waals surface area (Å²) in [6.45, 7) is 4.08. The van der Waals surface area contributed by atoms with Gasteiger partial charge in [-0.25, -0.2) is 4.99 Å². The Hall–Kier alpha value is -2.82. The number of nitrogens with one attached hydrogen (secondary N) is 1. The topological polar surface area (TPSA) is 70.7 Å². The maximum atomic E-state index is 11.8. The molecule has 5 nitrogen and oxygen atoms in total. The van der Waals surface area contributed by atoms with Crippen molar-refractivity contribution in [1.29, 1.82) is 0 Å². The second-order valence-electron chi connectivity index (χ2n) is 6.43. The first-order valence-corrected chi connectivity index (χ1v) is 8.59. The van der Waals surface area contributed by atoms with E-state index in [0.29, 0.717) is 25.5 Å². The zero-order chi connectivity index (χ0) is 17.6. The van der Waals surface area contributed by atoms with Crippen LogP contribution in [0.2, 0.25) is 0 Å². The fourth-order valence-electron chi connectivity index (χ4n) is 2.92. The Morgan fingerprint density at radius 1 is 1.20 bits per heavy atom. The minimum atomic E-state index is 0.245. The van der Waals surface area contributed by atoms with Crippen LogP contribution in [0, 0.1) is 6.92 Å². The number of aryl methyl sites for hydroxylation is 1. The first-order valence-electron chi connectivity index (χ1n) is 8.59. The maximum absolute atomic E-state index is 11.8. The van der Waals surface area contributed by atoms with Gasteiger partial charge in [-0.15, -0.1) is 0 Å². The Morgan fingerprint density at radius 2 is 1.96 bits per heavy atom. The van der Waals surface area contributed by atoms with Gasteiger partial charge in [-0.3, -0.25) is 4.79 Å². The van der Waals surface area contributed by atoms with Gasteiger partial charge in [0.1, 0.15) is 0 Å². The molecule has 3 N–H and O–H groups in total. The van der Waals surface area contributed by atoms with Gasteiger partial charge in [0.25, 0.3) is 0 Å². The van der Waals surface area contributed by atoms with Crippen LogP contribution in [0.5, 0.6) is 0 Å². The molecule has 0 spiro atoms. The van der Waals surface area contributed by atoms with Gasteiger partial charge in [0.05, 0.1) is 6.54 Å². The summed E-state index contributed by atoms with van der Waals surface area (Å²) in [5, 5.41) is 3.09. The lowest BCUT2D eigenvalue weighted by atomic mass is 10.1. The maximum Gasteiger partial charge on any atom is 0.222 e. The van der Waals surface area contributed by atoms with Gasteiger partial charge in [0.15, 0.2) is 5.96 Å². The summed E-state index contributed by atoms with van der Waals surface area (Å²) in [5.74, 6) is 0.638. The van der Waals surface area contributed by atoms with Gasteiger partial charge in [0, 0.05) is 25.2 Å². The van der Waals surface area contributed by atoms with E-state index in [0.717, 1.165) is 29.8 Å². The van der Waals surface area contributed by atoms with Crippen LogP contribution in [-0.2, 0) is 17.9 Å². The predicted octanol–water partition coefficient (Wildman–Crippen LogP) is 3.04. The van der Waals surface area contributed by atoms with E-state index in [1.54, 1.807) is 0 Å². The lowest BCUT2D eigenvalue weighted by Gasteiger charge is -2.15. The lowest BCUT2D eigenvalue weighted by molar-refractivity contribution is -0.128. The number of nitrogens with zero attached hydrogens (tertiary/aromatic N) is 2. The van der Waals surface area contributed by atoms with E-state index in [1.807, 2.05) is 54.3 Å². The van der Waals surface area contributed by atoms with Crippen LogP contribution >= 0.6 is 0 Å². The Bertz CT molecular complexity index is 768. The third-order valence-electron chi connectivity index (χ3n) is 4.29. The third kappa shape index (κ3) is 4.83. The van der Waals surface area contributed by atoms with Crippen molar-refractivity contribution in [1.82, 2.24) is 4.90 Å². The van der Waals surface area contributed by atoms with E-state index in [-0.39, 0.29) is 5.91 Å².